The highest BCUT2D eigenvalue weighted by Gasteiger charge is 1.85. The molecule has 70 valence electrons. The first-order chi connectivity index (χ1) is 5.97. The number of hydrogen-bond acceptors (Lipinski definition) is 0. The van der Waals surface area contributed by atoms with E-state index in [-0.39, 0.29) is 7.43 Å². The van der Waals surface area contributed by atoms with E-state index in [1.165, 1.54) is 10.8 Å². The Hall–Kier alpha value is -1.30. The third-order valence-corrected chi connectivity index (χ3v) is 1.66. The Morgan fingerprint density at radius 2 is 0.846 bits per heavy atom. The molecule has 0 amide bonds. The molecule has 0 nitrogen and oxygen atoms in total. The minimum Gasteiger partial charge on any atom is -0.0776 e. The van der Waals surface area contributed by atoms with Crippen molar-refractivity contribution < 1.29 is 0 Å². The van der Waals surface area contributed by atoms with Gasteiger partial charge in [-0.15, -0.1) is 0 Å². The predicted octanol–water partition coefficient (Wildman–Crippen LogP) is 4.50. The maximum Gasteiger partial charge on any atom is -0.0184 e. The van der Waals surface area contributed by atoms with E-state index in [4.69, 9.17) is 0 Å². The molecule has 2 aromatic rings. The Kier molecular flexibility index (Phi) is 5.62. The van der Waals surface area contributed by atoms with Crippen molar-refractivity contribution in [2.75, 3.05) is 0 Å². The van der Waals surface area contributed by atoms with Gasteiger partial charge in [-0.25, -0.2) is 0 Å². The zero-order valence-electron chi connectivity index (χ0n) is 7.62. The van der Waals surface area contributed by atoms with Crippen LogP contribution in [0.4, 0.5) is 0 Å². The first-order valence-electron chi connectivity index (χ1n) is 4.40. The molecular weight excluding hydrogens is 156 g/mol. The van der Waals surface area contributed by atoms with Crippen molar-refractivity contribution in [3.8, 4) is 0 Å². The summed E-state index contributed by atoms with van der Waals surface area (Å²) < 4.78 is 0. The summed E-state index contributed by atoms with van der Waals surface area (Å²) in [5.74, 6) is 0. The number of rotatable bonds is 0. The van der Waals surface area contributed by atoms with E-state index in [9.17, 15) is 0 Å². The lowest BCUT2D eigenvalue weighted by molar-refractivity contribution is 1.50. The van der Waals surface area contributed by atoms with Crippen LogP contribution in [0.3, 0.4) is 0 Å². The largest absolute Gasteiger partial charge is 0.0776 e. The van der Waals surface area contributed by atoms with E-state index in [2.05, 4.69) is 48.5 Å². The Morgan fingerprint density at radius 1 is 0.615 bits per heavy atom. The lowest BCUT2D eigenvalue weighted by Crippen LogP contribution is -1.67. The summed E-state index contributed by atoms with van der Waals surface area (Å²) in [5, 5.41) is 2.62. The summed E-state index contributed by atoms with van der Waals surface area (Å²) in [6.45, 7) is 4.00. The highest BCUT2D eigenvalue weighted by molar-refractivity contribution is 5.81. The molecule has 0 aromatic heterocycles. The lowest BCUT2D eigenvalue weighted by Gasteiger charge is -1.92. The fourth-order valence-electron chi connectivity index (χ4n) is 1.13. The molecule has 0 aliphatic carbocycles. The van der Waals surface area contributed by atoms with Gasteiger partial charge in [-0.3, -0.25) is 0 Å². The molecule has 0 atom stereocenters. The van der Waals surface area contributed by atoms with E-state index in [0.717, 1.165) is 0 Å². The molecule has 0 N–H and O–H groups in total. The van der Waals surface area contributed by atoms with Crippen molar-refractivity contribution in [2.45, 2.75) is 21.3 Å². The summed E-state index contributed by atoms with van der Waals surface area (Å²) in [6, 6.07) is 16.7. The zero-order valence-corrected chi connectivity index (χ0v) is 7.62. The summed E-state index contributed by atoms with van der Waals surface area (Å²) in [5.41, 5.74) is 0. The van der Waals surface area contributed by atoms with Crippen LogP contribution >= 0.6 is 0 Å². The second-order valence-electron chi connectivity index (χ2n) is 2.35. The summed E-state index contributed by atoms with van der Waals surface area (Å²) >= 11 is 0. The average Bonchev–Trinajstić information content (AvgIpc) is 2.21. The normalized spacial score (nSPS) is 8.15. The number of fused-ring (bicyclic) bond motifs is 1. The molecule has 0 aliphatic heterocycles. The Morgan fingerprint density at radius 3 is 1.08 bits per heavy atom. The standard InChI is InChI=1S/C10H8.C2H6.CH4/c1-2-6-10-8-4-3-7-9(10)5-1;1-2;/h1-8H;1-2H3;1H4. The van der Waals surface area contributed by atoms with Crippen LogP contribution in [-0.4, -0.2) is 0 Å². The van der Waals surface area contributed by atoms with Gasteiger partial charge < -0.3 is 0 Å². The van der Waals surface area contributed by atoms with Crippen LogP contribution in [0.5, 0.6) is 0 Å². The van der Waals surface area contributed by atoms with E-state index in [1.54, 1.807) is 0 Å². The van der Waals surface area contributed by atoms with Crippen LogP contribution < -0.4 is 0 Å². The molecule has 13 heavy (non-hydrogen) atoms. The van der Waals surface area contributed by atoms with Crippen molar-refractivity contribution >= 4 is 10.8 Å². The van der Waals surface area contributed by atoms with Gasteiger partial charge in [-0.1, -0.05) is 69.8 Å². The van der Waals surface area contributed by atoms with E-state index in [0.29, 0.717) is 0 Å². The highest BCUT2D eigenvalue weighted by atomic mass is 13.9. The molecule has 0 unspecified atom stereocenters. The molecule has 0 aliphatic rings. The van der Waals surface area contributed by atoms with Crippen molar-refractivity contribution in [1.82, 2.24) is 0 Å². The van der Waals surface area contributed by atoms with Crippen LogP contribution in [-0.2, 0) is 0 Å². The van der Waals surface area contributed by atoms with Gasteiger partial charge in [0.1, 0.15) is 0 Å². The van der Waals surface area contributed by atoms with Crippen LogP contribution in [0.25, 0.3) is 10.8 Å². The molecule has 0 heterocycles. The summed E-state index contributed by atoms with van der Waals surface area (Å²) in [6.07, 6.45) is 0. The van der Waals surface area contributed by atoms with Gasteiger partial charge in [0, 0.05) is 0 Å². The van der Waals surface area contributed by atoms with E-state index < -0.39 is 0 Å². The molecule has 0 bridgehead atoms. The molecular formula is C13H18. The van der Waals surface area contributed by atoms with Crippen molar-refractivity contribution in [3.05, 3.63) is 48.5 Å². The van der Waals surface area contributed by atoms with Crippen LogP contribution in [0.2, 0.25) is 0 Å². The topological polar surface area (TPSA) is 0 Å². The van der Waals surface area contributed by atoms with Crippen LogP contribution in [0.1, 0.15) is 21.3 Å². The maximum atomic E-state index is 2.12. The van der Waals surface area contributed by atoms with Crippen LogP contribution in [0.15, 0.2) is 48.5 Å². The second-order valence-corrected chi connectivity index (χ2v) is 2.35. The van der Waals surface area contributed by atoms with Gasteiger partial charge >= 0.3 is 0 Å². The van der Waals surface area contributed by atoms with Gasteiger partial charge in [-0.05, 0) is 10.8 Å². The Balaban J connectivity index is 0.000000451. The summed E-state index contributed by atoms with van der Waals surface area (Å²) in [4.78, 5) is 0. The third-order valence-electron chi connectivity index (χ3n) is 1.66. The molecule has 0 saturated heterocycles. The molecule has 0 spiro atoms. The third kappa shape index (κ3) is 2.90. The fraction of sp³-hybridized carbons (Fsp3) is 0.231. The fourth-order valence-corrected chi connectivity index (χ4v) is 1.13. The number of benzene rings is 2. The average molecular weight is 174 g/mol. The van der Waals surface area contributed by atoms with Crippen molar-refractivity contribution in [2.24, 2.45) is 0 Å². The van der Waals surface area contributed by atoms with Gasteiger partial charge in [0.25, 0.3) is 0 Å². The van der Waals surface area contributed by atoms with E-state index >= 15 is 0 Å². The second kappa shape index (κ2) is 6.24. The van der Waals surface area contributed by atoms with Crippen LogP contribution in [0, 0.1) is 0 Å². The highest BCUT2D eigenvalue weighted by Crippen LogP contribution is 2.11. The zero-order chi connectivity index (χ0) is 8.81. The Labute approximate surface area is 81.2 Å². The quantitative estimate of drug-likeness (QED) is 0.551. The lowest BCUT2D eigenvalue weighted by atomic mass is 10.1. The maximum absolute atomic E-state index is 2.12. The molecule has 2 aromatic carbocycles. The van der Waals surface area contributed by atoms with E-state index in [1.807, 2.05) is 13.8 Å². The minimum atomic E-state index is 0. The summed E-state index contributed by atoms with van der Waals surface area (Å²) in [7, 11) is 0. The van der Waals surface area contributed by atoms with Crippen molar-refractivity contribution in [3.63, 3.8) is 0 Å². The molecule has 2 rings (SSSR count). The number of hydrogen-bond donors (Lipinski definition) is 0. The first kappa shape index (κ1) is 11.7. The SMILES string of the molecule is C.CC.c1ccc2ccccc2c1. The van der Waals surface area contributed by atoms with Gasteiger partial charge in [0.2, 0.25) is 0 Å². The smallest absolute Gasteiger partial charge is 0.0184 e. The first-order valence-corrected chi connectivity index (χ1v) is 4.40. The predicted molar refractivity (Wildman–Crippen MR) is 62.0 cm³/mol. The molecule has 0 saturated carbocycles. The van der Waals surface area contributed by atoms with Crippen molar-refractivity contribution in [1.29, 1.82) is 0 Å². The van der Waals surface area contributed by atoms with Gasteiger partial charge in [0.15, 0.2) is 0 Å². The Bertz CT molecular complexity index is 271. The molecule has 0 fully saturated rings. The van der Waals surface area contributed by atoms with Gasteiger partial charge in [0.05, 0.1) is 0 Å². The minimum absolute atomic E-state index is 0. The van der Waals surface area contributed by atoms with Gasteiger partial charge in [-0.2, -0.15) is 0 Å². The molecule has 0 heteroatoms. The monoisotopic (exact) mass is 174 g/mol. The molecule has 0 radical (unpaired) electrons.